The van der Waals surface area contributed by atoms with Gasteiger partial charge in [0.15, 0.2) is 5.13 Å². The molecule has 0 unspecified atom stereocenters. The summed E-state index contributed by atoms with van der Waals surface area (Å²) in [5.74, 6) is 0. The van der Waals surface area contributed by atoms with E-state index in [9.17, 15) is 5.11 Å². The van der Waals surface area contributed by atoms with Crippen LogP contribution in [0.2, 0.25) is 5.02 Å². The lowest BCUT2D eigenvalue weighted by atomic mass is 10.1. The number of hydrogen-bond donors (Lipinski definition) is 1. The van der Waals surface area contributed by atoms with Crippen molar-refractivity contribution in [3.63, 3.8) is 0 Å². The van der Waals surface area contributed by atoms with E-state index in [2.05, 4.69) is 31.1 Å². The Kier molecular flexibility index (Phi) is 6.27. The van der Waals surface area contributed by atoms with E-state index in [-0.39, 0.29) is 6.10 Å². The minimum Gasteiger partial charge on any atom is -0.393 e. The summed E-state index contributed by atoms with van der Waals surface area (Å²) in [5, 5.41) is 14.9. The van der Waals surface area contributed by atoms with Gasteiger partial charge < -0.3 is 14.9 Å². The van der Waals surface area contributed by atoms with Crippen LogP contribution in [-0.2, 0) is 6.54 Å². The fourth-order valence-electron chi connectivity index (χ4n) is 4.56. The fraction of sp³-hybridized carbons (Fsp3) is 0.478. The fourth-order valence-corrected chi connectivity index (χ4v) is 5.70. The number of aromatic nitrogens is 2. The van der Waals surface area contributed by atoms with Gasteiger partial charge in [-0.2, -0.15) is 0 Å². The maximum Gasteiger partial charge on any atom is 0.185 e. The number of nitrogens with zero attached hydrogens (tertiary/aromatic N) is 5. The molecule has 0 spiro atoms. The van der Waals surface area contributed by atoms with Crippen molar-refractivity contribution in [3.05, 3.63) is 46.6 Å². The highest BCUT2D eigenvalue weighted by molar-refractivity contribution is 7.13. The largest absolute Gasteiger partial charge is 0.393 e. The number of rotatable bonds is 4. The van der Waals surface area contributed by atoms with Crippen molar-refractivity contribution < 1.29 is 5.11 Å². The molecule has 2 aliphatic rings. The topological polar surface area (TPSA) is 55.7 Å². The van der Waals surface area contributed by atoms with Crippen LogP contribution in [0.3, 0.4) is 0 Å². The third kappa shape index (κ3) is 4.65. The van der Waals surface area contributed by atoms with E-state index in [4.69, 9.17) is 16.6 Å². The lowest BCUT2D eigenvalue weighted by Gasteiger charge is -2.29. The molecule has 1 N–H and O–H groups in total. The Morgan fingerprint density at radius 2 is 1.90 bits per heavy atom. The van der Waals surface area contributed by atoms with Gasteiger partial charge in [0.25, 0.3) is 0 Å². The number of hydrogen-bond acceptors (Lipinski definition) is 7. The quantitative estimate of drug-likeness (QED) is 0.638. The van der Waals surface area contributed by atoms with Gasteiger partial charge in [-0.25, -0.2) is 4.98 Å². The minimum atomic E-state index is -0.152. The van der Waals surface area contributed by atoms with E-state index in [0.29, 0.717) is 0 Å². The van der Waals surface area contributed by atoms with Crippen LogP contribution >= 0.6 is 22.9 Å². The zero-order valence-corrected chi connectivity index (χ0v) is 19.2. The standard InChI is InChI=1S/C23H28ClN5OS/c24-20-5-4-17-3-1-8-25-21(17)22(20)28-10-2-9-27(13-14-28)15-18-16-31-23(26-18)29-11-6-19(30)7-12-29/h1,3-5,8,16,19,30H,2,6-7,9-15H2. The minimum absolute atomic E-state index is 0.152. The number of aliphatic hydroxyl groups excluding tert-OH is 1. The number of fused-ring (bicyclic) bond motifs is 1. The molecule has 6 nitrogen and oxygen atoms in total. The second-order valence-corrected chi connectivity index (χ2v) is 9.67. The van der Waals surface area contributed by atoms with E-state index in [0.717, 1.165) is 97.5 Å². The molecule has 0 bridgehead atoms. The second-order valence-electron chi connectivity index (χ2n) is 8.43. The molecular formula is C23H28ClN5OS. The van der Waals surface area contributed by atoms with E-state index < -0.39 is 0 Å². The van der Waals surface area contributed by atoms with Gasteiger partial charge in [0.1, 0.15) is 0 Å². The van der Waals surface area contributed by atoms with Crippen LogP contribution < -0.4 is 9.80 Å². The molecule has 4 heterocycles. The molecule has 2 aliphatic heterocycles. The summed E-state index contributed by atoms with van der Waals surface area (Å²) in [6, 6.07) is 8.09. The van der Waals surface area contributed by atoms with Crippen molar-refractivity contribution in [1.29, 1.82) is 0 Å². The number of halogens is 1. The molecule has 0 amide bonds. The van der Waals surface area contributed by atoms with Crippen molar-refractivity contribution in [2.24, 2.45) is 0 Å². The van der Waals surface area contributed by atoms with Gasteiger partial charge in [-0.15, -0.1) is 11.3 Å². The number of piperidine rings is 1. The first kappa shape index (κ1) is 20.9. The van der Waals surface area contributed by atoms with E-state index in [1.807, 2.05) is 24.4 Å². The number of pyridine rings is 1. The summed E-state index contributed by atoms with van der Waals surface area (Å²) in [6.45, 7) is 6.60. The van der Waals surface area contributed by atoms with Gasteiger partial charge in [-0.1, -0.05) is 23.7 Å². The van der Waals surface area contributed by atoms with E-state index in [1.54, 1.807) is 11.3 Å². The predicted octanol–water partition coefficient (Wildman–Crippen LogP) is 4.02. The monoisotopic (exact) mass is 457 g/mol. The smallest absolute Gasteiger partial charge is 0.185 e. The number of thiazole rings is 1. The predicted molar refractivity (Wildman–Crippen MR) is 128 cm³/mol. The van der Waals surface area contributed by atoms with Crippen LogP contribution in [0.5, 0.6) is 0 Å². The summed E-state index contributed by atoms with van der Waals surface area (Å²) in [5.41, 5.74) is 3.19. The SMILES string of the molecule is OC1CCN(c2nc(CN3CCCN(c4c(Cl)ccc5cccnc45)CC3)cs2)CC1. The first-order chi connectivity index (χ1) is 15.2. The van der Waals surface area contributed by atoms with Gasteiger partial charge in [0.2, 0.25) is 0 Å². The number of aliphatic hydroxyl groups is 1. The van der Waals surface area contributed by atoms with Gasteiger partial charge in [-0.3, -0.25) is 9.88 Å². The molecule has 2 saturated heterocycles. The summed E-state index contributed by atoms with van der Waals surface area (Å²) in [4.78, 5) is 16.7. The lowest BCUT2D eigenvalue weighted by Crippen LogP contribution is -2.35. The van der Waals surface area contributed by atoms with Gasteiger partial charge in [-0.05, 0) is 31.4 Å². The van der Waals surface area contributed by atoms with E-state index in [1.165, 1.54) is 0 Å². The molecule has 2 aromatic heterocycles. The summed E-state index contributed by atoms with van der Waals surface area (Å²) >= 11 is 8.34. The Labute approximate surface area is 192 Å². The third-order valence-corrected chi connectivity index (χ3v) is 7.52. The van der Waals surface area contributed by atoms with E-state index >= 15 is 0 Å². The van der Waals surface area contributed by atoms with Crippen LogP contribution in [0.1, 0.15) is 25.0 Å². The van der Waals surface area contributed by atoms with Crippen molar-refractivity contribution in [2.75, 3.05) is 49.1 Å². The molecule has 0 aliphatic carbocycles. The molecular weight excluding hydrogens is 430 g/mol. The maximum atomic E-state index is 9.73. The van der Waals surface area contributed by atoms with Crippen molar-refractivity contribution in [3.8, 4) is 0 Å². The normalized spacial score (nSPS) is 19.2. The molecule has 0 saturated carbocycles. The van der Waals surface area contributed by atoms with Crippen LogP contribution in [0.25, 0.3) is 10.9 Å². The average molecular weight is 458 g/mol. The molecule has 0 atom stereocenters. The van der Waals surface area contributed by atoms with Gasteiger partial charge in [0.05, 0.1) is 28.0 Å². The van der Waals surface area contributed by atoms with Crippen LogP contribution in [0.4, 0.5) is 10.8 Å². The zero-order valence-electron chi connectivity index (χ0n) is 17.6. The van der Waals surface area contributed by atoms with Crippen molar-refractivity contribution in [1.82, 2.24) is 14.9 Å². The second kappa shape index (κ2) is 9.28. The molecule has 0 radical (unpaired) electrons. The molecule has 2 fully saturated rings. The Hall–Kier alpha value is -1.93. The van der Waals surface area contributed by atoms with Gasteiger partial charge in [0, 0.05) is 62.8 Å². The average Bonchev–Trinajstić information content (AvgIpc) is 3.13. The highest BCUT2D eigenvalue weighted by Crippen LogP contribution is 2.34. The molecule has 1 aromatic carbocycles. The summed E-state index contributed by atoms with van der Waals surface area (Å²) < 4.78 is 0. The molecule has 31 heavy (non-hydrogen) atoms. The van der Waals surface area contributed by atoms with Gasteiger partial charge >= 0.3 is 0 Å². The first-order valence-electron chi connectivity index (χ1n) is 11.1. The highest BCUT2D eigenvalue weighted by atomic mass is 35.5. The number of anilines is 2. The van der Waals surface area contributed by atoms with Crippen molar-refractivity contribution >= 4 is 44.7 Å². The summed E-state index contributed by atoms with van der Waals surface area (Å²) in [7, 11) is 0. The number of benzene rings is 1. The molecule has 164 valence electrons. The Balaban J connectivity index is 1.25. The molecule has 8 heteroatoms. The van der Waals surface area contributed by atoms with Crippen LogP contribution in [-0.4, -0.2) is 65.3 Å². The maximum absolute atomic E-state index is 9.73. The Bertz CT molecular complexity index is 1040. The highest BCUT2D eigenvalue weighted by Gasteiger charge is 2.22. The Morgan fingerprint density at radius 3 is 2.77 bits per heavy atom. The Morgan fingerprint density at radius 1 is 1.03 bits per heavy atom. The first-order valence-corrected chi connectivity index (χ1v) is 12.3. The summed E-state index contributed by atoms with van der Waals surface area (Å²) in [6.07, 6.45) is 4.45. The zero-order chi connectivity index (χ0) is 21.2. The third-order valence-electron chi connectivity index (χ3n) is 6.26. The lowest BCUT2D eigenvalue weighted by molar-refractivity contribution is 0.145. The van der Waals surface area contributed by atoms with Crippen molar-refractivity contribution in [2.45, 2.75) is 31.9 Å². The molecule has 3 aromatic rings. The van der Waals surface area contributed by atoms with Crippen LogP contribution in [0, 0.1) is 0 Å². The molecule has 5 rings (SSSR count). The van der Waals surface area contributed by atoms with Crippen LogP contribution in [0.15, 0.2) is 35.8 Å².